The number of methoxy groups -OCH3 is 2. The number of para-hydroxylation sites is 1. The van der Waals surface area contributed by atoms with Crippen LogP contribution in [0, 0.1) is 16.7 Å². The van der Waals surface area contributed by atoms with Crippen LogP contribution < -0.4 is 10.1 Å². The number of esters is 4. The predicted molar refractivity (Wildman–Crippen MR) is 317 cm³/mol. The molecule has 1 aromatic rings. The third-order valence-corrected chi connectivity index (χ3v) is 16.0. The van der Waals surface area contributed by atoms with E-state index < -0.39 is 125 Å². The standard InChI is InChI=1S/C66H89NO18/c1-14-15-16-17-18-19-20-21-22-23-24-25-26-27-28-29-30-31-32-37-51(70)81-53(46(38-42(2)3)67-60(74)85-62(6,7)8)59(73)80-48-40-66(76)57(83-58(72)45-35-33-34-36-47(45)77-12)55-64(11,49(69)39-50-65(55,41-79-50)84-44(5)68)56(71)54(82-61(75)78-13)52(43(48)4)63(66,9)10/h15-16,18-19,21-22,24-25,27-28,30-31,33-36,38,46,48-50,53-55,57,69,76H,14,17,20,23,26,29,32,37,39-41H2,1-13H3,(H,67,74)/b16-15-,19-18-,22-21-,25-24-,28-27-,31-30-/t46-,48-,49-,50+,53+,54+,55?,57?,64+,65-,66+/m0/s1. The second-order valence-electron chi connectivity index (χ2n) is 23.8. The number of aliphatic hydroxyl groups excluding tert-OH is 1. The summed E-state index contributed by atoms with van der Waals surface area (Å²) in [6, 6.07) is 4.67. The predicted octanol–water partition coefficient (Wildman–Crippen LogP) is 10.7. The average molecular weight is 1180 g/mol. The molecule has 2 bridgehead atoms. The lowest BCUT2D eigenvalue weighted by Gasteiger charge is -2.67. The number of rotatable bonds is 25. The molecule has 1 amide bonds. The topological polar surface area (TPSA) is 255 Å². The van der Waals surface area contributed by atoms with Crippen molar-refractivity contribution in [2.45, 2.75) is 200 Å². The van der Waals surface area contributed by atoms with Crippen LogP contribution in [0.2, 0.25) is 0 Å². The number of aliphatic hydroxyl groups is 2. The van der Waals surface area contributed by atoms with Crippen molar-refractivity contribution in [2.75, 3.05) is 20.8 Å². The summed E-state index contributed by atoms with van der Waals surface area (Å²) >= 11 is 0. The fourth-order valence-corrected chi connectivity index (χ4v) is 11.8. The summed E-state index contributed by atoms with van der Waals surface area (Å²) in [5.74, 6) is -6.54. The van der Waals surface area contributed by atoms with Crippen molar-refractivity contribution >= 4 is 41.9 Å². The van der Waals surface area contributed by atoms with Crippen LogP contribution in [0.25, 0.3) is 0 Å². The summed E-state index contributed by atoms with van der Waals surface area (Å²) in [6.07, 6.45) is 17.8. The van der Waals surface area contributed by atoms with Crippen LogP contribution in [-0.4, -0.2) is 132 Å². The van der Waals surface area contributed by atoms with E-state index in [1.165, 1.54) is 53.0 Å². The number of benzene rings is 1. The lowest BCUT2D eigenvalue weighted by molar-refractivity contribution is -0.346. The quantitative estimate of drug-likeness (QED) is 0.0467. The first-order chi connectivity index (χ1) is 40.1. The molecule has 11 atom stereocenters. The van der Waals surface area contributed by atoms with E-state index in [2.05, 4.69) is 60.8 Å². The van der Waals surface area contributed by atoms with Crippen LogP contribution in [-0.2, 0) is 57.1 Å². The molecule has 1 aliphatic heterocycles. The Morgan fingerprint density at radius 3 is 1.92 bits per heavy atom. The third-order valence-electron chi connectivity index (χ3n) is 16.0. The van der Waals surface area contributed by atoms with E-state index in [0.29, 0.717) is 12.0 Å². The van der Waals surface area contributed by atoms with Crippen LogP contribution in [0.1, 0.15) is 151 Å². The Morgan fingerprint density at radius 1 is 0.824 bits per heavy atom. The van der Waals surface area contributed by atoms with Gasteiger partial charge < -0.3 is 58.2 Å². The van der Waals surface area contributed by atoms with Gasteiger partial charge in [-0.2, -0.15) is 0 Å². The Morgan fingerprint density at radius 2 is 1.40 bits per heavy atom. The Hall–Kier alpha value is -7.09. The van der Waals surface area contributed by atoms with Crippen molar-refractivity contribution in [3.05, 3.63) is 126 Å². The molecular formula is C66H89NO18. The minimum Gasteiger partial charge on any atom is -0.496 e. The lowest BCUT2D eigenvalue weighted by Crippen LogP contribution is -2.82. The molecule has 1 saturated heterocycles. The maximum atomic E-state index is 15.9. The molecule has 2 saturated carbocycles. The highest BCUT2D eigenvalue weighted by Crippen LogP contribution is 2.64. The number of fused-ring (bicyclic) bond motifs is 5. The summed E-state index contributed by atoms with van der Waals surface area (Å²) in [4.78, 5) is 100. The van der Waals surface area contributed by atoms with Crippen LogP contribution in [0.15, 0.2) is 120 Å². The number of nitrogens with one attached hydrogen (secondary N) is 1. The molecule has 19 heteroatoms. The molecule has 3 aliphatic carbocycles. The number of carbonyl (C=O) groups excluding carboxylic acids is 7. The van der Waals surface area contributed by atoms with Gasteiger partial charge in [0.25, 0.3) is 0 Å². The number of hydrogen-bond donors (Lipinski definition) is 3. The van der Waals surface area contributed by atoms with Crippen molar-refractivity contribution in [3.8, 4) is 5.75 Å². The number of amides is 1. The lowest BCUT2D eigenvalue weighted by atomic mass is 9.44. The number of Topliss-reactive ketones (excluding diaryl/α,β-unsaturated/α-hetero) is 1. The minimum absolute atomic E-state index is 0.0774. The fourth-order valence-electron chi connectivity index (χ4n) is 11.8. The average Bonchev–Trinajstić information content (AvgIpc) is 0.692. The van der Waals surface area contributed by atoms with Gasteiger partial charge in [0.15, 0.2) is 17.5 Å². The SMILES string of the molecule is CC/C=C\C/C=C\C/C=C\C/C=C\C/C=C\C/C=C\CCC(=O)O[C@@H](C(=O)O[C@H]1C[C@@]2(O)C(OC(=O)c3ccccc3OC)C3[C@](C)(C(=O)[C@H](OC(=O)OC)C(=C1C)C2(C)C)[C@@H](O)C[C@H]1OC[C@@]31OC(C)=O)[C@H](C=C(C)C)NC(=O)OC(C)(C)C. The Balaban J connectivity index is 1.53. The van der Waals surface area contributed by atoms with Gasteiger partial charge in [-0.15, -0.1) is 0 Å². The Labute approximate surface area is 500 Å². The number of alkyl carbamates (subject to hydrolysis) is 1. The Kier molecular flexibility index (Phi) is 24.5. The Bertz CT molecular complexity index is 2810. The highest BCUT2D eigenvalue weighted by Gasteiger charge is 2.78. The number of ketones is 1. The van der Waals surface area contributed by atoms with Gasteiger partial charge in [0.2, 0.25) is 6.10 Å². The zero-order chi connectivity index (χ0) is 62.9. The van der Waals surface area contributed by atoms with Gasteiger partial charge in [0, 0.05) is 31.6 Å². The highest BCUT2D eigenvalue weighted by atomic mass is 16.7. The van der Waals surface area contributed by atoms with Crippen molar-refractivity contribution in [1.29, 1.82) is 0 Å². The van der Waals surface area contributed by atoms with Gasteiger partial charge in [0.1, 0.15) is 40.8 Å². The molecule has 0 radical (unpaired) electrons. The molecule has 1 aromatic carbocycles. The van der Waals surface area contributed by atoms with Crippen molar-refractivity contribution < 1.29 is 86.4 Å². The maximum absolute atomic E-state index is 15.9. The first-order valence-electron chi connectivity index (χ1n) is 29.1. The van der Waals surface area contributed by atoms with E-state index in [9.17, 15) is 34.2 Å². The molecule has 0 spiro atoms. The van der Waals surface area contributed by atoms with E-state index in [4.69, 9.17) is 42.6 Å². The number of hydrogen-bond acceptors (Lipinski definition) is 18. The first-order valence-corrected chi connectivity index (χ1v) is 29.1. The van der Waals surface area contributed by atoms with Gasteiger partial charge in [-0.05, 0) is 117 Å². The van der Waals surface area contributed by atoms with Crippen molar-refractivity contribution in [2.24, 2.45) is 16.7 Å². The second-order valence-corrected chi connectivity index (χ2v) is 23.8. The summed E-state index contributed by atoms with van der Waals surface area (Å²) in [7, 11) is 2.35. The summed E-state index contributed by atoms with van der Waals surface area (Å²) in [5, 5.41) is 29.0. The maximum Gasteiger partial charge on any atom is 0.509 e. The van der Waals surface area contributed by atoms with E-state index in [-0.39, 0.29) is 48.3 Å². The van der Waals surface area contributed by atoms with E-state index in [1.54, 1.807) is 52.8 Å². The molecule has 5 rings (SSSR count). The number of carbonyl (C=O) groups is 7. The molecular weight excluding hydrogens is 1090 g/mol. The van der Waals surface area contributed by atoms with Crippen LogP contribution in [0.5, 0.6) is 5.75 Å². The van der Waals surface area contributed by atoms with Gasteiger partial charge in [-0.3, -0.25) is 14.4 Å². The fraction of sp³-hybridized carbons (Fsp3) is 0.561. The molecule has 0 aromatic heterocycles. The van der Waals surface area contributed by atoms with Crippen LogP contribution in [0.3, 0.4) is 0 Å². The molecule has 19 nitrogen and oxygen atoms in total. The molecule has 4 aliphatic rings. The zero-order valence-corrected chi connectivity index (χ0v) is 51.6. The van der Waals surface area contributed by atoms with Gasteiger partial charge >= 0.3 is 36.1 Å². The molecule has 1 heterocycles. The van der Waals surface area contributed by atoms with Gasteiger partial charge in [-0.25, -0.2) is 19.2 Å². The number of ether oxygens (including phenoxy) is 9. The van der Waals surface area contributed by atoms with Crippen molar-refractivity contribution in [3.63, 3.8) is 0 Å². The van der Waals surface area contributed by atoms with Crippen molar-refractivity contribution in [1.82, 2.24) is 5.32 Å². The zero-order valence-electron chi connectivity index (χ0n) is 51.6. The molecule has 85 heavy (non-hydrogen) atoms. The molecule has 2 unspecified atom stereocenters. The van der Waals surface area contributed by atoms with Crippen LogP contribution >= 0.6 is 0 Å². The monoisotopic (exact) mass is 1180 g/mol. The summed E-state index contributed by atoms with van der Waals surface area (Å²) in [6.45, 7) is 17.0. The molecule has 466 valence electrons. The smallest absolute Gasteiger partial charge is 0.496 e. The molecule has 3 N–H and O–H groups in total. The normalized spacial score (nSPS) is 27.1. The molecule has 3 fully saturated rings. The van der Waals surface area contributed by atoms with E-state index in [0.717, 1.165) is 46.1 Å². The van der Waals surface area contributed by atoms with Gasteiger partial charge in [0.05, 0.1) is 44.3 Å². The minimum atomic E-state index is -2.54. The highest BCUT2D eigenvalue weighted by molar-refractivity contribution is 5.96. The van der Waals surface area contributed by atoms with Crippen LogP contribution in [0.4, 0.5) is 9.59 Å². The first kappa shape index (κ1) is 68.7. The van der Waals surface area contributed by atoms with Gasteiger partial charge in [-0.1, -0.05) is 117 Å². The second kappa shape index (κ2) is 30.3. The number of allylic oxidation sites excluding steroid dienone is 13. The third kappa shape index (κ3) is 16.7. The summed E-state index contributed by atoms with van der Waals surface area (Å²) in [5.41, 5.74) is -8.99. The largest absolute Gasteiger partial charge is 0.509 e. The summed E-state index contributed by atoms with van der Waals surface area (Å²) < 4.78 is 52.9. The van der Waals surface area contributed by atoms with E-state index in [1.807, 2.05) is 18.2 Å². The van der Waals surface area contributed by atoms with E-state index >= 15 is 9.59 Å².